The highest BCUT2D eigenvalue weighted by Gasteiger charge is 2.16. The van der Waals surface area contributed by atoms with Crippen LogP contribution in [0.15, 0.2) is 0 Å². The van der Waals surface area contributed by atoms with Crippen LogP contribution in [0.2, 0.25) is 0 Å². The maximum atomic E-state index is 4.96. The van der Waals surface area contributed by atoms with Gasteiger partial charge in [0, 0.05) is 83.1 Å². The molecule has 1 heterocycles. The maximum absolute atomic E-state index is 4.96. The standard InChI is InChI=1S/C32H11N3/c1-4-6-8-10-12-14-16-18-20-22-24-26-28-34-30-33(3)31-35(32-34)29-27-25-23-21-19-17-15-13-11-9-7-5-2/h1-2H,30-32H2,3H3. The van der Waals surface area contributed by atoms with E-state index < -0.39 is 0 Å². The van der Waals surface area contributed by atoms with Gasteiger partial charge in [-0.1, -0.05) is 0 Å². The van der Waals surface area contributed by atoms with Gasteiger partial charge in [0.25, 0.3) is 0 Å². The second-order valence-electron chi connectivity index (χ2n) is 5.62. The summed E-state index contributed by atoms with van der Waals surface area (Å²) < 4.78 is 0. The lowest BCUT2D eigenvalue weighted by Gasteiger charge is -2.36. The van der Waals surface area contributed by atoms with Gasteiger partial charge in [0.15, 0.2) is 0 Å². The van der Waals surface area contributed by atoms with Crippen LogP contribution in [0.4, 0.5) is 0 Å². The van der Waals surface area contributed by atoms with Crippen LogP contribution in [0.1, 0.15) is 0 Å². The van der Waals surface area contributed by atoms with E-state index in [9.17, 15) is 0 Å². The van der Waals surface area contributed by atoms with Crippen molar-refractivity contribution in [3.63, 3.8) is 0 Å². The van der Waals surface area contributed by atoms with Gasteiger partial charge < -0.3 is 0 Å². The van der Waals surface area contributed by atoms with Crippen LogP contribution in [-0.2, 0) is 0 Å². The number of hydrogen-bond acceptors (Lipinski definition) is 3. The Kier molecular flexibility index (Phi) is 14.6. The second kappa shape index (κ2) is 19.4. The van der Waals surface area contributed by atoms with E-state index in [-0.39, 0.29) is 0 Å². The lowest BCUT2D eigenvalue weighted by molar-refractivity contribution is 0.0546. The van der Waals surface area contributed by atoms with Gasteiger partial charge in [-0.25, -0.2) is 0 Å². The zero-order chi connectivity index (χ0) is 25.2. The van der Waals surface area contributed by atoms with E-state index in [4.69, 9.17) is 12.8 Å². The molecule has 3 heteroatoms. The minimum Gasteiger partial charge on any atom is -0.299 e. The molecule has 1 rings (SSSR count). The first-order valence-corrected chi connectivity index (χ1v) is 9.37. The maximum Gasteiger partial charge on any atom is 0.108 e. The topological polar surface area (TPSA) is 9.72 Å². The molecule has 0 aromatic carbocycles. The van der Waals surface area contributed by atoms with Crippen molar-refractivity contribution in [2.75, 3.05) is 27.1 Å². The van der Waals surface area contributed by atoms with Gasteiger partial charge in [-0.2, -0.15) is 0 Å². The van der Waals surface area contributed by atoms with Crippen molar-refractivity contribution in [1.82, 2.24) is 14.7 Å². The van der Waals surface area contributed by atoms with Crippen LogP contribution in [-0.4, -0.2) is 41.8 Å². The monoisotopic (exact) mass is 437 g/mol. The van der Waals surface area contributed by atoms with Gasteiger partial charge >= 0.3 is 0 Å². The highest BCUT2D eigenvalue weighted by atomic mass is 15.5. The average Bonchev–Trinajstić information content (AvgIpc) is 2.85. The molecule has 0 unspecified atom stereocenters. The van der Waals surface area contributed by atoms with Crippen LogP contribution in [0.25, 0.3) is 0 Å². The Morgan fingerprint density at radius 3 is 0.914 bits per heavy atom. The summed E-state index contributed by atoms with van der Waals surface area (Å²) in [7, 11) is 1.95. The number of nitrogens with zero attached hydrogens (tertiary/aromatic N) is 3. The largest absolute Gasteiger partial charge is 0.299 e. The molecule has 0 aliphatic carbocycles. The van der Waals surface area contributed by atoms with Gasteiger partial charge in [0.1, 0.15) is 6.67 Å². The van der Waals surface area contributed by atoms with Crippen LogP contribution < -0.4 is 0 Å². The van der Waals surface area contributed by atoms with Gasteiger partial charge in [-0.3, -0.25) is 14.7 Å². The third kappa shape index (κ3) is 15.8. The van der Waals surface area contributed by atoms with Gasteiger partial charge in [0.05, 0.1) is 13.3 Å². The minimum absolute atomic E-state index is 0.518. The van der Waals surface area contributed by atoms with E-state index in [1.54, 1.807) is 0 Å². The fraction of sp³-hybridized carbons (Fsp3) is 0.125. The number of hydrogen-bond donors (Lipinski definition) is 0. The summed E-state index contributed by atoms with van der Waals surface area (Å²) >= 11 is 0. The van der Waals surface area contributed by atoms with Crippen molar-refractivity contribution in [3.8, 4) is 167 Å². The molecule has 1 saturated heterocycles. The normalized spacial score (nSPS) is 8.77. The molecule has 1 aliphatic rings. The van der Waals surface area contributed by atoms with Crippen LogP contribution in [0.5, 0.6) is 0 Å². The van der Waals surface area contributed by atoms with E-state index in [1.165, 1.54) is 0 Å². The van der Waals surface area contributed by atoms with Gasteiger partial charge in [0.2, 0.25) is 0 Å². The zero-order valence-electron chi connectivity index (χ0n) is 18.6. The fourth-order valence-electron chi connectivity index (χ4n) is 1.91. The van der Waals surface area contributed by atoms with E-state index >= 15 is 0 Å². The highest BCUT2D eigenvalue weighted by molar-refractivity contribution is 5.46. The third-order valence-electron chi connectivity index (χ3n) is 2.99. The Bertz CT molecular complexity index is 1550. The summed E-state index contributed by atoms with van der Waals surface area (Å²) in [5.74, 6) is 60.1. The smallest absolute Gasteiger partial charge is 0.108 e. The first kappa shape index (κ1) is 26.4. The molecule has 0 N–H and O–H groups in total. The molecule has 35 heavy (non-hydrogen) atoms. The molecule has 0 spiro atoms. The summed E-state index contributed by atoms with van der Waals surface area (Å²) in [6, 6.07) is 5.91. The molecule has 1 aliphatic heterocycles. The lowest BCUT2D eigenvalue weighted by Crippen LogP contribution is -2.49. The van der Waals surface area contributed by atoms with E-state index in [1.807, 2.05) is 21.7 Å². The van der Waals surface area contributed by atoms with Crippen molar-refractivity contribution < 1.29 is 0 Å². The molecule has 0 bridgehead atoms. The summed E-state index contributed by atoms with van der Waals surface area (Å²) in [4.78, 5) is 5.78. The van der Waals surface area contributed by atoms with Crippen LogP contribution in [0.3, 0.4) is 0 Å². The molecule has 0 amide bonds. The van der Waals surface area contributed by atoms with Crippen molar-refractivity contribution in [2.45, 2.75) is 0 Å². The SMILES string of the molecule is C#CC#CC#CC#CC#CC#CC#CN1CN(C)CN(C#CC#CC#CC#CC#CC#CC#C)C1. The highest BCUT2D eigenvalue weighted by Crippen LogP contribution is 2.02. The number of terminal acetylenes is 2. The fourth-order valence-corrected chi connectivity index (χ4v) is 1.91. The molecular weight excluding hydrogens is 426 g/mol. The molecule has 1 fully saturated rings. The molecular formula is C32H11N3. The molecule has 0 saturated carbocycles. The molecule has 3 nitrogen and oxygen atoms in total. The van der Waals surface area contributed by atoms with E-state index in [0.29, 0.717) is 20.0 Å². The minimum atomic E-state index is 0.518. The van der Waals surface area contributed by atoms with Crippen LogP contribution >= 0.6 is 0 Å². The van der Waals surface area contributed by atoms with E-state index in [0.717, 1.165) is 0 Å². The predicted molar refractivity (Wildman–Crippen MR) is 137 cm³/mol. The first-order valence-electron chi connectivity index (χ1n) is 9.37. The Morgan fingerprint density at radius 2 is 0.629 bits per heavy atom. The summed E-state index contributed by atoms with van der Waals surface area (Å²) in [5, 5.41) is 0. The first-order chi connectivity index (χ1) is 17.3. The molecule has 0 atom stereocenters. The van der Waals surface area contributed by atoms with Gasteiger partial charge in [-0.05, 0) is 78.1 Å². The molecule has 154 valence electrons. The van der Waals surface area contributed by atoms with Crippen molar-refractivity contribution in [1.29, 1.82) is 0 Å². The van der Waals surface area contributed by atoms with Crippen molar-refractivity contribution in [2.24, 2.45) is 0 Å². The summed E-state index contributed by atoms with van der Waals surface area (Å²) in [6.45, 7) is 1.82. The quantitative estimate of drug-likeness (QED) is 0.479. The Hall–Kier alpha value is -6.60. The Labute approximate surface area is 208 Å². The predicted octanol–water partition coefficient (Wildman–Crippen LogP) is -0.369. The molecule has 0 aromatic heterocycles. The lowest BCUT2D eigenvalue weighted by atomic mass is 10.5. The second-order valence-corrected chi connectivity index (χ2v) is 5.62. The Balaban J connectivity index is 2.60. The summed E-state index contributed by atoms with van der Waals surface area (Å²) in [5.41, 5.74) is 0. The van der Waals surface area contributed by atoms with Crippen molar-refractivity contribution in [3.05, 3.63) is 0 Å². The van der Waals surface area contributed by atoms with Crippen molar-refractivity contribution >= 4 is 0 Å². The third-order valence-corrected chi connectivity index (χ3v) is 2.99. The summed E-state index contributed by atoms with van der Waals surface area (Å²) in [6.07, 6.45) is 9.91. The average molecular weight is 437 g/mol. The molecule has 0 radical (unpaired) electrons. The number of rotatable bonds is 0. The Morgan fingerprint density at radius 1 is 0.371 bits per heavy atom. The van der Waals surface area contributed by atoms with Gasteiger partial charge in [-0.15, -0.1) is 12.8 Å². The van der Waals surface area contributed by atoms with Crippen LogP contribution in [0, 0.1) is 167 Å². The zero-order valence-corrected chi connectivity index (χ0v) is 18.6. The van der Waals surface area contributed by atoms with E-state index in [2.05, 4.69) is 154 Å². The molecule has 0 aromatic rings.